The highest BCUT2D eigenvalue weighted by Crippen LogP contribution is 2.16. The molecule has 0 aromatic carbocycles. The molecule has 2 aromatic heterocycles. The van der Waals surface area contributed by atoms with Crippen molar-refractivity contribution in [2.75, 3.05) is 18.0 Å². The van der Waals surface area contributed by atoms with Gasteiger partial charge in [0.1, 0.15) is 6.26 Å². The highest BCUT2D eigenvalue weighted by atomic mass is 16.3. The Morgan fingerprint density at radius 3 is 2.86 bits per heavy atom. The van der Waals surface area contributed by atoms with Crippen LogP contribution in [0.1, 0.15) is 28.9 Å². The number of aryl methyl sites for hydroxylation is 1. The summed E-state index contributed by atoms with van der Waals surface area (Å²) < 4.78 is 4.91. The molecule has 0 atom stereocenters. The molecule has 2 N–H and O–H groups in total. The minimum absolute atomic E-state index is 0.116. The quantitative estimate of drug-likeness (QED) is 0.885. The predicted molar refractivity (Wildman–Crippen MR) is 81.0 cm³/mol. The van der Waals surface area contributed by atoms with Gasteiger partial charge in [0.2, 0.25) is 5.95 Å². The molecule has 7 heteroatoms. The summed E-state index contributed by atoms with van der Waals surface area (Å²) >= 11 is 0. The van der Waals surface area contributed by atoms with Crippen LogP contribution < -0.4 is 15.8 Å². The summed E-state index contributed by atoms with van der Waals surface area (Å²) in [6, 6.07) is 3.24. The minimum Gasteiger partial charge on any atom is -0.472 e. The number of aromatic nitrogens is 2. The maximum Gasteiger partial charge on any atom is 0.254 e. The average molecular weight is 302 g/mol. The lowest BCUT2D eigenvalue weighted by Gasteiger charge is -2.32. The normalized spacial score (nSPS) is 15.8. The second kappa shape index (κ2) is 6.05. The molecule has 1 aliphatic heterocycles. The molecule has 0 bridgehead atoms. The van der Waals surface area contributed by atoms with E-state index in [1.54, 1.807) is 13.0 Å². The third-order valence-corrected chi connectivity index (χ3v) is 3.77. The van der Waals surface area contributed by atoms with Crippen molar-refractivity contribution < 1.29 is 9.21 Å². The molecule has 0 radical (unpaired) electrons. The molecule has 0 unspecified atom stereocenters. The number of nitrogens with one attached hydrogen (secondary N) is 2. The molecule has 0 saturated carbocycles. The Bertz CT molecular complexity index is 700. The van der Waals surface area contributed by atoms with Gasteiger partial charge >= 0.3 is 0 Å². The van der Waals surface area contributed by atoms with Crippen LogP contribution in [0.4, 0.5) is 5.95 Å². The van der Waals surface area contributed by atoms with Crippen LogP contribution in [0.3, 0.4) is 0 Å². The lowest BCUT2D eigenvalue weighted by atomic mass is 10.0. The second-order valence-electron chi connectivity index (χ2n) is 5.46. The van der Waals surface area contributed by atoms with Crippen LogP contribution in [-0.2, 0) is 0 Å². The van der Waals surface area contributed by atoms with Gasteiger partial charge in [0.15, 0.2) is 0 Å². The van der Waals surface area contributed by atoms with E-state index < -0.39 is 0 Å². The Morgan fingerprint density at radius 2 is 2.23 bits per heavy atom. The Labute approximate surface area is 127 Å². The van der Waals surface area contributed by atoms with Gasteiger partial charge in [-0.3, -0.25) is 14.6 Å². The number of aromatic amines is 1. The topological polar surface area (TPSA) is 91.2 Å². The Balaban J connectivity index is 1.58. The maximum atomic E-state index is 12.0. The summed E-state index contributed by atoms with van der Waals surface area (Å²) in [7, 11) is 0. The number of anilines is 1. The smallest absolute Gasteiger partial charge is 0.254 e. The first-order valence-electron chi connectivity index (χ1n) is 7.28. The number of carbonyl (C=O) groups excluding carboxylic acids is 1. The Kier molecular flexibility index (Phi) is 3.95. The zero-order chi connectivity index (χ0) is 15.5. The van der Waals surface area contributed by atoms with Gasteiger partial charge in [0.25, 0.3) is 11.5 Å². The zero-order valence-electron chi connectivity index (χ0n) is 12.3. The SMILES string of the molecule is Cc1cc(=O)[nH]c(N2CCC(NC(=O)c3ccoc3)CC2)n1. The summed E-state index contributed by atoms with van der Waals surface area (Å²) in [5.74, 6) is 0.485. The van der Waals surface area contributed by atoms with E-state index in [0.29, 0.717) is 17.2 Å². The highest BCUT2D eigenvalue weighted by molar-refractivity contribution is 5.93. The van der Waals surface area contributed by atoms with Crippen LogP contribution in [0.25, 0.3) is 0 Å². The number of piperidine rings is 1. The van der Waals surface area contributed by atoms with Crippen molar-refractivity contribution in [1.82, 2.24) is 15.3 Å². The van der Waals surface area contributed by atoms with E-state index in [9.17, 15) is 9.59 Å². The van der Waals surface area contributed by atoms with E-state index >= 15 is 0 Å². The third-order valence-electron chi connectivity index (χ3n) is 3.77. The van der Waals surface area contributed by atoms with Gasteiger partial charge in [0, 0.05) is 30.9 Å². The van der Waals surface area contributed by atoms with Gasteiger partial charge in [-0.25, -0.2) is 4.98 Å². The van der Waals surface area contributed by atoms with Crippen molar-refractivity contribution in [2.45, 2.75) is 25.8 Å². The van der Waals surface area contributed by atoms with Crippen LogP contribution in [0, 0.1) is 6.92 Å². The Morgan fingerprint density at radius 1 is 1.45 bits per heavy atom. The maximum absolute atomic E-state index is 12.0. The lowest BCUT2D eigenvalue weighted by molar-refractivity contribution is 0.0930. The number of furan rings is 1. The van der Waals surface area contributed by atoms with E-state index in [1.807, 2.05) is 4.90 Å². The molecule has 1 amide bonds. The molecule has 0 aliphatic carbocycles. The van der Waals surface area contributed by atoms with Gasteiger partial charge in [-0.05, 0) is 25.8 Å². The van der Waals surface area contributed by atoms with Crippen LogP contribution >= 0.6 is 0 Å². The van der Waals surface area contributed by atoms with Crippen molar-refractivity contribution in [1.29, 1.82) is 0 Å². The zero-order valence-corrected chi connectivity index (χ0v) is 12.3. The van der Waals surface area contributed by atoms with Crippen LogP contribution in [0.2, 0.25) is 0 Å². The minimum atomic E-state index is -0.141. The van der Waals surface area contributed by atoms with Crippen molar-refractivity contribution in [3.63, 3.8) is 0 Å². The molecule has 1 aliphatic rings. The lowest BCUT2D eigenvalue weighted by Crippen LogP contribution is -2.45. The standard InChI is InChI=1S/C15H18N4O3/c1-10-8-13(20)18-15(16-10)19-5-2-12(3-6-19)17-14(21)11-4-7-22-9-11/h4,7-9,12H,2-3,5-6H2,1H3,(H,17,21)(H,16,18,20). The molecular weight excluding hydrogens is 284 g/mol. The second-order valence-corrected chi connectivity index (χ2v) is 5.46. The summed E-state index contributed by atoms with van der Waals surface area (Å²) in [4.78, 5) is 32.6. The van der Waals surface area contributed by atoms with E-state index in [4.69, 9.17) is 4.42 Å². The summed E-state index contributed by atoms with van der Waals surface area (Å²) in [6.45, 7) is 3.28. The van der Waals surface area contributed by atoms with Crippen molar-refractivity contribution in [3.8, 4) is 0 Å². The number of hydrogen-bond acceptors (Lipinski definition) is 5. The first-order valence-corrected chi connectivity index (χ1v) is 7.28. The fourth-order valence-corrected chi connectivity index (χ4v) is 2.61. The number of amides is 1. The number of nitrogens with zero attached hydrogens (tertiary/aromatic N) is 2. The first kappa shape index (κ1) is 14.4. The first-order chi connectivity index (χ1) is 10.6. The largest absolute Gasteiger partial charge is 0.472 e. The van der Waals surface area contributed by atoms with E-state index in [0.717, 1.165) is 25.9 Å². The van der Waals surface area contributed by atoms with Gasteiger partial charge < -0.3 is 14.6 Å². The van der Waals surface area contributed by atoms with Crippen molar-refractivity contribution in [3.05, 3.63) is 46.3 Å². The molecular formula is C15H18N4O3. The molecule has 3 rings (SSSR count). The molecule has 1 saturated heterocycles. The molecule has 116 valence electrons. The van der Waals surface area contributed by atoms with Crippen molar-refractivity contribution in [2.24, 2.45) is 0 Å². The molecule has 2 aromatic rings. The number of rotatable bonds is 3. The molecule has 7 nitrogen and oxygen atoms in total. The summed E-state index contributed by atoms with van der Waals surface area (Å²) in [5.41, 5.74) is 1.10. The highest BCUT2D eigenvalue weighted by Gasteiger charge is 2.22. The van der Waals surface area contributed by atoms with Gasteiger partial charge in [-0.1, -0.05) is 0 Å². The van der Waals surface area contributed by atoms with E-state index in [-0.39, 0.29) is 17.5 Å². The van der Waals surface area contributed by atoms with E-state index in [1.165, 1.54) is 18.6 Å². The van der Waals surface area contributed by atoms with Crippen LogP contribution in [0.5, 0.6) is 0 Å². The predicted octanol–water partition coefficient (Wildman–Crippen LogP) is 1.07. The molecule has 3 heterocycles. The summed E-state index contributed by atoms with van der Waals surface area (Å²) in [6.07, 6.45) is 4.53. The monoisotopic (exact) mass is 302 g/mol. The van der Waals surface area contributed by atoms with Gasteiger partial charge in [0.05, 0.1) is 11.8 Å². The average Bonchev–Trinajstić information content (AvgIpc) is 3.01. The Hall–Kier alpha value is -2.57. The molecule has 22 heavy (non-hydrogen) atoms. The molecule has 1 fully saturated rings. The van der Waals surface area contributed by atoms with Crippen LogP contribution in [0.15, 0.2) is 33.9 Å². The van der Waals surface area contributed by atoms with Gasteiger partial charge in [-0.2, -0.15) is 0 Å². The number of carbonyl (C=O) groups is 1. The fraction of sp³-hybridized carbons (Fsp3) is 0.400. The number of H-pyrrole nitrogens is 1. The van der Waals surface area contributed by atoms with E-state index in [2.05, 4.69) is 15.3 Å². The van der Waals surface area contributed by atoms with Gasteiger partial charge in [-0.15, -0.1) is 0 Å². The number of hydrogen-bond donors (Lipinski definition) is 2. The third kappa shape index (κ3) is 3.19. The molecule has 0 spiro atoms. The summed E-state index contributed by atoms with van der Waals surface area (Å²) in [5, 5.41) is 3.00. The fourth-order valence-electron chi connectivity index (χ4n) is 2.61. The van der Waals surface area contributed by atoms with Crippen LogP contribution in [-0.4, -0.2) is 35.0 Å². The van der Waals surface area contributed by atoms with Crippen molar-refractivity contribution >= 4 is 11.9 Å².